The van der Waals surface area contributed by atoms with Gasteiger partial charge in [-0.3, -0.25) is 9.59 Å². The molecule has 1 aromatic rings. The van der Waals surface area contributed by atoms with E-state index in [1.807, 2.05) is 0 Å². The molecule has 0 spiro atoms. The molecule has 10 heteroatoms. The Hall–Kier alpha value is -1.84. The van der Waals surface area contributed by atoms with Crippen LogP contribution in [0.4, 0.5) is 13.2 Å². The molecule has 1 fully saturated rings. The first kappa shape index (κ1) is 22.2. The molecule has 1 heterocycles. The number of hydrogen-bond donors (Lipinski definition) is 1. The van der Waals surface area contributed by atoms with Crippen LogP contribution in [-0.4, -0.2) is 67.6 Å². The minimum absolute atomic E-state index is 0. The highest BCUT2D eigenvalue weighted by molar-refractivity contribution is 5.94. The highest BCUT2D eigenvalue weighted by Crippen LogP contribution is 2.29. The third-order valence-corrected chi connectivity index (χ3v) is 4.00. The average molecular weight is 396 g/mol. The molecule has 1 atom stereocenters. The van der Waals surface area contributed by atoms with Gasteiger partial charge in [0.25, 0.3) is 5.91 Å². The molecular weight excluding hydrogens is 375 g/mol. The van der Waals surface area contributed by atoms with Gasteiger partial charge in [0.1, 0.15) is 6.04 Å². The van der Waals surface area contributed by atoms with Crippen molar-refractivity contribution < 1.29 is 27.5 Å². The summed E-state index contributed by atoms with van der Waals surface area (Å²) in [6, 6.07) is 3.35. The Morgan fingerprint density at radius 2 is 1.62 bits per heavy atom. The number of nitrogens with two attached hydrogens (primary N) is 1. The van der Waals surface area contributed by atoms with E-state index in [9.17, 15) is 22.8 Å². The number of amides is 2. The van der Waals surface area contributed by atoms with Gasteiger partial charge in [-0.25, -0.2) is 0 Å². The van der Waals surface area contributed by atoms with Gasteiger partial charge < -0.3 is 20.3 Å². The number of benzene rings is 1. The zero-order chi connectivity index (χ0) is 18.6. The first-order valence-electron chi connectivity index (χ1n) is 7.74. The average Bonchev–Trinajstić information content (AvgIpc) is 2.60. The summed E-state index contributed by atoms with van der Waals surface area (Å²) >= 11 is 0. The molecule has 0 aliphatic carbocycles. The highest BCUT2D eigenvalue weighted by Gasteiger charge is 2.31. The van der Waals surface area contributed by atoms with Crippen LogP contribution in [0.1, 0.15) is 15.9 Å². The van der Waals surface area contributed by atoms with Crippen LogP contribution in [0.2, 0.25) is 0 Å². The molecule has 1 saturated heterocycles. The van der Waals surface area contributed by atoms with Crippen molar-refractivity contribution in [1.29, 1.82) is 0 Å². The molecule has 2 N–H and O–H groups in total. The third kappa shape index (κ3) is 5.33. The van der Waals surface area contributed by atoms with Crippen molar-refractivity contribution in [3.05, 3.63) is 35.4 Å². The van der Waals surface area contributed by atoms with Crippen LogP contribution in [0.3, 0.4) is 0 Å². The largest absolute Gasteiger partial charge is 0.416 e. The number of methoxy groups -OCH3 is 1. The SMILES string of the molecule is COCC(N)C(=O)N1CCN(C(=O)c2ccc(C(F)(F)F)cc2)CC1.Cl. The normalized spacial score (nSPS) is 16.0. The van der Waals surface area contributed by atoms with Gasteiger partial charge in [-0.1, -0.05) is 0 Å². The zero-order valence-corrected chi connectivity index (χ0v) is 15.0. The molecule has 0 radical (unpaired) electrons. The molecule has 1 unspecified atom stereocenters. The van der Waals surface area contributed by atoms with Crippen molar-refractivity contribution >= 4 is 24.2 Å². The van der Waals surface area contributed by atoms with E-state index in [2.05, 4.69) is 0 Å². The van der Waals surface area contributed by atoms with Gasteiger partial charge in [-0.05, 0) is 24.3 Å². The summed E-state index contributed by atoms with van der Waals surface area (Å²) in [4.78, 5) is 27.5. The summed E-state index contributed by atoms with van der Waals surface area (Å²) in [5.41, 5.74) is 5.09. The van der Waals surface area contributed by atoms with Crippen LogP contribution in [0, 0.1) is 0 Å². The third-order valence-electron chi connectivity index (χ3n) is 4.00. The first-order valence-corrected chi connectivity index (χ1v) is 7.74. The topological polar surface area (TPSA) is 75.9 Å². The second-order valence-corrected chi connectivity index (χ2v) is 5.75. The van der Waals surface area contributed by atoms with Crippen molar-refractivity contribution in [1.82, 2.24) is 9.80 Å². The Labute approximate surface area is 155 Å². The number of carbonyl (C=O) groups is 2. The molecule has 1 aromatic carbocycles. The number of piperazine rings is 1. The number of carbonyl (C=O) groups excluding carboxylic acids is 2. The van der Waals surface area contributed by atoms with Crippen LogP contribution in [-0.2, 0) is 15.7 Å². The van der Waals surface area contributed by atoms with Gasteiger partial charge >= 0.3 is 6.18 Å². The van der Waals surface area contributed by atoms with Crippen LogP contribution in [0.5, 0.6) is 0 Å². The number of halogens is 4. The molecule has 0 bridgehead atoms. The molecule has 0 saturated carbocycles. The molecular formula is C16H21ClF3N3O3. The molecule has 2 amide bonds. The van der Waals surface area contributed by atoms with E-state index in [-0.39, 0.29) is 36.4 Å². The lowest BCUT2D eigenvalue weighted by Crippen LogP contribution is -2.55. The van der Waals surface area contributed by atoms with Crippen molar-refractivity contribution in [2.24, 2.45) is 5.73 Å². The molecule has 6 nitrogen and oxygen atoms in total. The monoisotopic (exact) mass is 395 g/mol. The summed E-state index contributed by atoms with van der Waals surface area (Å²) in [6.07, 6.45) is -4.44. The summed E-state index contributed by atoms with van der Waals surface area (Å²) in [5.74, 6) is -0.606. The van der Waals surface area contributed by atoms with Gasteiger partial charge in [-0.15, -0.1) is 12.4 Å². The maximum atomic E-state index is 12.6. The molecule has 0 aromatic heterocycles. The fourth-order valence-corrected chi connectivity index (χ4v) is 2.60. The van der Waals surface area contributed by atoms with Crippen LogP contribution in [0.15, 0.2) is 24.3 Å². The second kappa shape index (κ2) is 9.20. The van der Waals surface area contributed by atoms with Crippen LogP contribution < -0.4 is 5.73 Å². The Morgan fingerprint density at radius 1 is 1.12 bits per heavy atom. The lowest BCUT2D eigenvalue weighted by atomic mass is 10.1. The molecule has 146 valence electrons. The van der Waals surface area contributed by atoms with Gasteiger partial charge in [0.2, 0.25) is 5.91 Å². The zero-order valence-electron chi connectivity index (χ0n) is 14.2. The van der Waals surface area contributed by atoms with E-state index in [0.717, 1.165) is 24.3 Å². The fourth-order valence-electron chi connectivity index (χ4n) is 2.60. The maximum Gasteiger partial charge on any atom is 0.416 e. The van der Waals surface area contributed by atoms with E-state index in [4.69, 9.17) is 10.5 Å². The predicted octanol–water partition coefficient (Wildman–Crippen LogP) is 1.39. The molecule has 1 aliphatic heterocycles. The molecule has 1 aliphatic rings. The van der Waals surface area contributed by atoms with Gasteiger partial charge in [-0.2, -0.15) is 13.2 Å². The van der Waals surface area contributed by atoms with Crippen molar-refractivity contribution in [3.8, 4) is 0 Å². The first-order chi connectivity index (χ1) is 11.7. The van der Waals surface area contributed by atoms with Gasteiger partial charge in [0.15, 0.2) is 0 Å². The smallest absolute Gasteiger partial charge is 0.383 e. The lowest BCUT2D eigenvalue weighted by Gasteiger charge is -2.35. The lowest BCUT2D eigenvalue weighted by molar-refractivity contribution is -0.137. The van der Waals surface area contributed by atoms with E-state index in [0.29, 0.717) is 26.2 Å². The van der Waals surface area contributed by atoms with Crippen molar-refractivity contribution in [3.63, 3.8) is 0 Å². The van der Waals surface area contributed by atoms with E-state index < -0.39 is 17.8 Å². The Morgan fingerprint density at radius 3 is 2.08 bits per heavy atom. The summed E-state index contributed by atoms with van der Waals surface area (Å²) in [6.45, 7) is 1.35. The predicted molar refractivity (Wildman–Crippen MR) is 91.0 cm³/mol. The van der Waals surface area contributed by atoms with E-state index in [1.54, 1.807) is 4.90 Å². The molecule has 26 heavy (non-hydrogen) atoms. The number of hydrogen-bond acceptors (Lipinski definition) is 4. The fraction of sp³-hybridized carbons (Fsp3) is 0.500. The van der Waals surface area contributed by atoms with Crippen molar-refractivity contribution in [2.45, 2.75) is 12.2 Å². The van der Waals surface area contributed by atoms with E-state index >= 15 is 0 Å². The number of ether oxygens (including phenoxy) is 1. The summed E-state index contributed by atoms with van der Waals surface area (Å²) in [7, 11) is 1.45. The summed E-state index contributed by atoms with van der Waals surface area (Å²) < 4.78 is 42.5. The Balaban J connectivity index is 0.00000338. The number of alkyl halides is 3. The number of nitrogens with zero attached hydrogens (tertiary/aromatic N) is 2. The maximum absolute atomic E-state index is 12.6. The standard InChI is InChI=1S/C16H20F3N3O3.ClH/c1-25-10-13(20)15(24)22-8-6-21(7-9-22)14(23)11-2-4-12(5-3-11)16(17,18)19;/h2-5,13H,6-10,20H2,1H3;1H. The van der Waals surface area contributed by atoms with Gasteiger partial charge in [0, 0.05) is 38.9 Å². The quantitative estimate of drug-likeness (QED) is 0.835. The van der Waals surface area contributed by atoms with Crippen molar-refractivity contribution in [2.75, 3.05) is 39.9 Å². The van der Waals surface area contributed by atoms with Crippen LogP contribution >= 0.6 is 12.4 Å². The second-order valence-electron chi connectivity index (χ2n) is 5.75. The molecule has 2 rings (SSSR count). The van der Waals surface area contributed by atoms with Gasteiger partial charge in [0.05, 0.1) is 12.2 Å². The Bertz CT molecular complexity index is 617. The van der Waals surface area contributed by atoms with Crippen LogP contribution in [0.25, 0.3) is 0 Å². The van der Waals surface area contributed by atoms with E-state index in [1.165, 1.54) is 12.0 Å². The Kier molecular flexibility index (Phi) is 7.86. The number of rotatable bonds is 4. The summed E-state index contributed by atoms with van der Waals surface area (Å²) in [5, 5.41) is 0. The minimum Gasteiger partial charge on any atom is -0.383 e. The highest BCUT2D eigenvalue weighted by atomic mass is 35.5. The minimum atomic E-state index is -4.44.